The van der Waals surface area contributed by atoms with Gasteiger partial charge < -0.3 is 14.6 Å². The van der Waals surface area contributed by atoms with Crippen LogP contribution in [0.4, 0.5) is 14.5 Å². The van der Waals surface area contributed by atoms with E-state index in [0.29, 0.717) is 18.5 Å². The summed E-state index contributed by atoms with van der Waals surface area (Å²) in [5.74, 6) is -2.09. The van der Waals surface area contributed by atoms with Crippen LogP contribution in [-0.2, 0) is 16.2 Å². The monoisotopic (exact) mass is 437 g/mol. The summed E-state index contributed by atoms with van der Waals surface area (Å²) in [6.45, 7) is 3.79. The number of carbonyl (C=O) groups excluding carboxylic acids is 1. The molecule has 3 rings (SSSR count). The van der Waals surface area contributed by atoms with E-state index >= 15 is 0 Å². The summed E-state index contributed by atoms with van der Waals surface area (Å²) in [6.07, 6.45) is 4.31. The van der Waals surface area contributed by atoms with Crippen LogP contribution in [0.3, 0.4) is 0 Å². The number of nitrogens with zero attached hydrogens (tertiary/aromatic N) is 1. The molecule has 1 aliphatic carbocycles. The average molecular weight is 438 g/mol. The van der Waals surface area contributed by atoms with Crippen LogP contribution < -0.4 is 14.8 Å². The maximum absolute atomic E-state index is 13.9. The van der Waals surface area contributed by atoms with Gasteiger partial charge in [-0.2, -0.15) is 0 Å². The largest absolute Gasteiger partial charge is 0.598 e. The number of amides is 1. The minimum atomic E-state index is -1.08. The molecular formula is C21H25F2N3O3S. The summed E-state index contributed by atoms with van der Waals surface area (Å²) in [4.78, 5) is 16.8. The number of carbonyl (C=O) groups is 1. The number of benzene rings is 1. The molecule has 1 amide bonds. The highest BCUT2D eigenvalue weighted by Crippen LogP contribution is 2.31. The molecule has 9 heteroatoms. The number of nitrogens with one attached hydrogen (secondary N) is 2. The van der Waals surface area contributed by atoms with Gasteiger partial charge in [0.15, 0.2) is 11.6 Å². The molecule has 1 fully saturated rings. The Balaban J connectivity index is 1.60. The van der Waals surface area contributed by atoms with E-state index in [2.05, 4.69) is 15.0 Å². The van der Waals surface area contributed by atoms with Gasteiger partial charge in [-0.1, -0.05) is 0 Å². The van der Waals surface area contributed by atoms with E-state index in [0.717, 1.165) is 25.0 Å². The normalized spacial score (nSPS) is 20.1. The molecule has 2 aromatic rings. The molecule has 1 aliphatic rings. The number of hydrogen-bond acceptors (Lipinski definition) is 5. The first-order valence-corrected chi connectivity index (χ1v) is 11.1. The van der Waals surface area contributed by atoms with Crippen molar-refractivity contribution in [1.29, 1.82) is 0 Å². The average Bonchev–Trinajstić information content (AvgIpc) is 2.71. The Kier molecular flexibility index (Phi) is 7.63. The van der Waals surface area contributed by atoms with E-state index in [1.807, 2.05) is 13.8 Å². The summed E-state index contributed by atoms with van der Waals surface area (Å²) < 4.78 is 47.5. The second kappa shape index (κ2) is 10.2. The van der Waals surface area contributed by atoms with Crippen LogP contribution in [0.5, 0.6) is 11.6 Å². The third kappa shape index (κ3) is 5.90. The van der Waals surface area contributed by atoms with Gasteiger partial charge in [-0.3, -0.25) is 4.79 Å². The number of pyridine rings is 1. The van der Waals surface area contributed by atoms with Crippen LogP contribution >= 0.6 is 0 Å². The lowest BCUT2D eigenvalue weighted by Crippen LogP contribution is -2.42. The van der Waals surface area contributed by atoms with Crippen molar-refractivity contribution in [2.75, 3.05) is 5.32 Å². The number of hydrogen-bond donors (Lipinski definition) is 2. The maximum atomic E-state index is 13.9. The fourth-order valence-corrected chi connectivity index (χ4v) is 4.07. The van der Waals surface area contributed by atoms with Crippen LogP contribution in [0.15, 0.2) is 36.5 Å². The van der Waals surface area contributed by atoms with Gasteiger partial charge in [-0.15, -0.1) is 4.72 Å². The smallest absolute Gasteiger partial charge is 0.243 e. The second-order valence-electron chi connectivity index (χ2n) is 7.53. The van der Waals surface area contributed by atoms with Crippen molar-refractivity contribution in [3.05, 3.63) is 48.2 Å². The molecule has 0 radical (unpaired) electrons. The van der Waals surface area contributed by atoms with Crippen LogP contribution in [0.1, 0.15) is 39.5 Å². The zero-order chi connectivity index (χ0) is 21.7. The molecule has 0 saturated heterocycles. The number of halogens is 2. The Morgan fingerprint density at radius 2 is 1.97 bits per heavy atom. The third-order valence-electron chi connectivity index (χ3n) is 4.94. The molecule has 6 nitrogen and oxygen atoms in total. The van der Waals surface area contributed by atoms with Crippen LogP contribution in [0, 0.1) is 17.6 Å². The molecule has 1 aromatic heterocycles. The van der Waals surface area contributed by atoms with Gasteiger partial charge in [-0.25, -0.2) is 13.8 Å². The highest BCUT2D eigenvalue weighted by atomic mass is 32.2. The van der Waals surface area contributed by atoms with E-state index in [-0.39, 0.29) is 34.7 Å². The summed E-state index contributed by atoms with van der Waals surface area (Å²) >= 11 is -1.08. The molecule has 0 spiro atoms. The van der Waals surface area contributed by atoms with Gasteiger partial charge in [-0.05, 0) is 63.8 Å². The van der Waals surface area contributed by atoms with Gasteiger partial charge in [0.05, 0.1) is 6.04 Å². The van der Waals surface area contributed by atoms with E-state index in [4.69, 9.17) is 4.74 Å². The Labute approximate surface area is 177 Å². The maximum Gasteiger partial charge on any atom is 0.243 e. The van der Waals surface area contributed by atoms with Gasteiger partial charge in [0.1, 0.15) is 16.8 Å². The SMILES string of the molecule is CC(C)[S+]([O-])NC1CCC(C(=O)Nc2cccnc2Oc2ccc(F)cc2F)CC1. The molecular weight excluding hydrogens is 412 g/mol. The fourth-order valence-electron chi connectivity index (χ4n) is 3.24. The van der Waals surface area contributed by atoms with Crippen molar-refractivity contribution in [2.45, 2.75) is 50.8 Å². The Bertz CT molecular complexity index is 876. The Morgan fingerprint density at radius 3 is 2.63 bits per heavy atom. The number of rotatable bonds is 7. The summed E-state index contributed by atoms with van der Waals surface area (Å²) in [5.41, 5.74) is 0.312. The van der Waals surface area contributed by atoms with Gasteiger partial charge >= 0.3 is 0 Å². The van der Waals surface area contributed by atoms with E-state index in [9.17, 15) is 18.1 Å². The highest BCUT2D eigenvalue weighted by molar-refractivity contribution is 7.90. The molecule has 0 aliphatic heterocycles. The summed E-state index contributed by atoms with van der Waals surface area (Å²) in [5, 5.41) is 2.84. The van der Waals surface area contributed by atoms with Gasteiger partial charge in [0.2, 0.25) is 11.8 Å². The fraction of sp³-hybridized carbons (Fsp3) is 0.429. The zero-order valence-electron chi connectivity index (χ0n) is 16.9. The van der Waals surface area contributed by atoms with E-state index in [1.54, 1.807) is 12.1 Å². The Morgan fingerprint density at radius 1 is 1.23 bits per heavy atom. The van der Waals surface area contributed by atoms with Crippen LogP contribution in [-0.4, -0.2) is 26.7 Å². The van der Waals surface area contributed by atoms with Crippen molar-refractivity contribution in [1.82, 2.24) is 9.71 Å². The second-order valence-corrected chi connectivity index (χ2v) is 9.31. The van der Waals surface area contributed by atoms with Gasteiger partial charge in [0.25, 0.3) is 0 Å². The topological polar surface area (TPSA) is 86.3 Å². The van der Waals surface area contributed by atoms with Crippen molar-refractivity contribution >= 4 is 23.0 Å². The minimum Gasteiger partial charge on any atom is -0.598 e. The first-order chi connectivity index (χ1) is 14.3. The lowest BCUT2D eigenvalue weighted by atomic mass is 9.86. The van der Waals surface area contributed by atoms with Crippen LogP contribution in [0.2, 0.25) is 0 Å². The Hall–Kier alpha value is -2.23. The lowest BCUT2D eigenvalue weighted by Gasteiger charge is -2.29. The first kappa shape index (κ1) is 22.5. The standard InChI is InChI=1S/C21H25F2N3O3S/c1-13(2)30(28)26-16-8-5-14(6-9-16)20(27)25-18-4-3-11-24-21(18)29-19-10-7-15(22)12-17(19)23/h3-4,7,10-14,16,26H,5-6,8-9H2,1-2H3,(H,25,27). The third-order valence-corrected chi connectivity index (χ3v) is 6.36. The number of ether oxygens (including phenoxy) is 1. The molecule has 30 heavy (non-hydrogen) atoms. The molecule has 0 bridgehead atoms. The van der Waals surface area contributed by atoms with E-state index in [1.165, 1.54) is 12.3 Å². The van der Waals surface area contributed by atoms with Crippen molar-refractivity contribution in [3.8, 4) is 11.6 Å². The predicted molar refractivity (Wildman–Crippen MR) is 111 cm³/mol. The molecule has 1 heterocycles. The zero-order valence-corrected chi connectivity index (χ0v) is 17.7. The van der Waals surface area contributed by atoms with Crippen LogP contribution in [0.25, 0.3) is 0 Å². The van der Waals surface area contributed by atoms with E-state index < -0.39 is 23.0 Å². The quantitative estimate of drug-likeness (QED) is 0.631. The molecule has 1 saturated carbocycles. The number of anilines is 1. The van der Waals surface area contributed by atoms with Crippen molar-refractivity contribution in [3.63, 3.8) is 0 Å². The number of aromatic nitrogens is 1. The molecule has 162 valence electrons. The first-order valence-electron chi connectivity index (χ1n) is 9.89. The predicted octanol–water partition coefficient (Wildman–Crippen LogP) is 4.31. The molecule has 1 aromatic carbocycles. The van der Waals surface area contributed by atoms with Crippen molar-refractivity contribution in [2.24, 2.45) is 5.92 Å². The highest BCUT2D eigenvalue weighted by Gasteiger charge is 2.29. The van der Waals surface area contributed by atoms with Crippen molar-refractivity contribution < 1.29 is 22.9 Å². The summed E-state index contributed by atoms with van der Waals surface area (Å²) in [7, 11) is 0. The minimum absolute atomic E-state index is 0.0269. The molecule has 1 atom stereocenters. The lowest BCUT2D eigenvalue weighted by molar-refractivity contribution is -0.120. The molecule has 1 unspecified atom stereocenters. The molecule has 2 N–H and O–H groups in total. The van der Waals surface area contributed by atoms with Gasteiger partial charge in [0, 0.05) is 29.5 Å². The summed E-state index contributed by atoms with van der Waals surface area (Å²) in [6, 6.07) is 6.34.